The quantitative estimate of drug-likeness (QED) is 0.782. The van der Waals surface area contributed by atoms with Crippen LogP contribution < -0.4 is 15.4 Å². The van der Waals surface area contributed by atoms with Gasteiger partial charge < -0.3 is 15.4 Å². The number of carbonyl (C=O) groups is 2. The van der Waals surface area contributed by atoms with Crippen LogP contribution >= 0.6 is 0 Å². The van der Waals surface area contributed by atoms with Crippen molar-refractivity contribution in [1.29, 1.82) is 0 Å². The molecular weight excluding hydrogens is 347 g/mol. The molecule has 27 heavy (non-hydrogen) atoms. The van der Waals surface area contributed by atoms with E-state index in [0.717, 1.165) is 31.2 Å². The number of ether oxygens (including phenoxy) is 1. The number of halogens is 1. The van der Waals surface area contributed by atoms with Gasteiger partial charge in [0.25, 0.3) is 0 Å². The topological polar surface area (TPSA) is 67.4 Å². The van der Waals surface area contributed by atoms with E-state index in [1.165, 1.54) is 12.1 Å². The van der Waals surface area contributed by atoms with E-state index in [0.29, 0.717) is 11.4 Å². The van der Waals surface area contributed by atoms with Crippen LogP contribution in [0.1, 0.15) is 31.2 Å². The van der Waals surface area contributed by atoms with Crippen molar-refractivity contribution in [1.82, 2.24) is 5.32 Å². The molecule has 2 aromatic carbocycles. The molecule has 0 bridgehead atoms. The van der Waals surface area contributed by atoms with Crippen molar-refractivity contribution >= 4 is 17.5 Å². The molecule has 1 saturated carbocycles. The fourth-order valence-corrected chi connectivity index (χ4v) is 3.17. The molecule has 1 fully saturated rings. The van der Waals surface area contributed by atoms with Crippen molar-refractivity contribution in [2.45, 2.75) is 32.3 Å². The predicted octanol–water partition coefficient (Wildman–Crippen LogP) is 3.65. The van der Waals surface area contributed by atoms with Crippen LogP contribution in [0.25, 0.3) is 0 Å². The molecule has 1 aliphatic rings. The highest BCUT2D eigenvalue weighted by molar-refractivity contribution is 5.94. The zero-order valence-electron chi connectivity index (χ0n) is 15.0. The van der Waals surface area contributed by atoms with Gasteiger partial charge in [-0.05, 0) is 42.7 Å². The average molecular weight is 370 g/mol. The number of hydrogen-bond acceptors (Lipinski definition) is 3. The summed E-state index contributed by atoms with van der Waals surface area (Å²) in [5.74, 6) is -0.183. The molecule has 142 valence electrons. The van der Waals surface area contributed by atoms with Gasteiger partial charge >= 0.3 is 0 Å². The molecule has 0 heterocycles. The standard InChI is InChI=1S/C21H23FN2O3/c22-17-8-4-10-19(12-17)27-14-15-5-3-9-18(11-15)24-20(25)13-23-21(26)16-6-1-2-7-16/h3-5,8-12,16H,1-2,6-7,13-14H2,(H,23,26)(H,24,25). The molecule has 0 spiro atoms. The lowest BCUT2D eigenvalue weighted by molar-refractivity contribution is -0.127. The van der Waals surface area contributed by atoms with Crippen molar-refractivity contribution < 1.29 is 18.7 Å². The van der Waals surface area contributed by atoms with E-state index < -0.39 is 0 Å². The first-order valence-corrected chi connectivity index (χ1v) is 9.15. The summed E-state index contributed by atoms with van der Waals surface area (Å²) in [6.45, 7) is 0.213. The van der Waals surface area contributed by atoms with Crippen LogP contribution in [0, 0.1) is 11.7 Å². The molecule has 6 heteroatoms. The van der Waals surface area contributed by atoms with Crippen LogP contribution in [-0.2, 0) is 16.2 Å². The largest absolute Gasteiger partial charge is 0.489 e. The molecular formula is C21H23FN2O3. The third-order valence-corrected chi connectivity index (χ3v) is 4.56. The number of anilines is 1. The maximum Gasteiger partial charge on any atom is 0.243 e. The van der Waals surface area contributed by atoms with Gasteiger partial charge in [0.05, 0.1) is 6.54 Å². The Morgan fingerprint density at radius 3 is 2.63 bits per heavy atom. The fourth-order valence-electron chi connectivity index (χ4n) is 3.17. The number of amides is 2. The van der Waals surface area contributed by atoms with Crippen molar-refractivity contribution in [2.75, 3.05) is 11.9 Å². The van der Waals surface area contributed by atoms with Gasteiger partial charge in [-0.15, -0.1) is 0 Å². The highest BCUT2D eigenvalue weighted by atomic mass is 19.1. The maximum atomic E-state index is 13.2. The Morgan fingerprint density at radius 2 is 1.85 bits per heavy atom. The van der Waals surface area contributed by atoms with Gasteiger partial charge in [-0.1, -0.05) is 31.0 Å². The van der Waals surface area contributed by atoms with Crippen molar-refractivity contribution in [2.24, 2.45) is 5.92 Å². The van der Waals surface area contributed by atoms with Gasteiger partial charge in [0.15, 0.2) is 0 Å². The van der Waals surface area contributed by atoms with Crippen LogP contribution in [0.3, 0.4) is 0 Å². The zero-order chi connectivity index (χ0) is 19.1. The predicted molar refractivity (Wildman–Crippen MR) is 101 cm³/mol. The molecule has 0 unspecified atom stereocenters. The Labute approximate surface area is 157 Å². The SMILES string of the molecule is O=C(CNC(=O)C1CCCC1)Nc1cccc(COc2cccc(F)c2)c1. The summed E-state index contributed by atoms with van der Waals surface area (Å²) in [7, 11) is 0. The highest BCUT2D eigenvalue weighted by Crippen LogP contribution is 2.24. The monoisotopic (exact) mass is 370 g/mol. The van der Waals surface area contributed by atoms with E-state index in [1.54, 1.807) is 30.3 Å². The molecule has 2 amide bonds. The molecule has 0 radical (unpaired) electrons. The maximum absolute atomic E-state index is 13.2. The Morgan fingerprint density at radius 1 is 1.07 bits per heavy atom. The molecule has 0 saturated heterocycles. The minimum absolute atomic E-state index is 0.0418. The van der Waals surface area contributed by atoms with Crippen LogP contribution in [0.15, 0.2) is 48.5 Å². The van der Waals surface area contributed by atoms with E-state index in [9.17, 15) is 14.0 Å². The third-order valence-electron chi connectivity index (χ3n) is 4.56. The summed E-state index contributed by atoms with van der Waals surface area (Å²) < 4.78 is 18.7. The minimum Gasteiger partial charge on any atom is -0.489 e. The fraction of sp³-hybridized carbons (Fsp3) is 0.333. The molecule has 5 nitrogen and oxygen atoms in total. The lowest BCUT2D eigenvalue weighted by Gasteiger charge is -2.11. The molecule has 3 rings (SSSR count). The van der Waals surface area contributed by atoms with Crippen LogP contribution in [0.2, 0.25) is 0 Å². The van der Waals surface area contributed by atoms with Gasteiger partial charge in [-0.25, -0.2) is 4.39 Å². The summed E-state index contributed by atoms with van der Waals surface area (Å²) in [5, 5.41) is 5.47. The lowest BCUT2D eigenvalue weighted by Crippen LogP contribution is -2.36. The summed E-state index contributed by atoms with van der Waals surface area (Å²) in [6.07, 6.45) is 3.96. The number of carbonyl (C=O) groups excluding carboxylic acids is 2. The number of benzene rings is 2. The van der Waals surface area contributed by atoms with E-state index in [4.69, 9.17) is 4.74 Å². The third kappa shape index (κ3) is 5.81. The van der Waals surface area contributed by atoms with Crippen LogP contribution in [-0.4, -0.2) is 18.4 Å². The number of hydrogen-bond donors (Lipinski definition) is 2. The number of rotatable bonds is 7. The molecule has 2 N–H and O–H groups in total. The Balaban J connectivity index is 1.47. The normalized spacial score (nSPS) is 14.0. The van der Waals surface area contributed by atoms with Gasteiger partial charge in [-0.3, -0.25) is 9.59 Å². The Kier molecular flexibility index (Phi) is 6.41. The van der Waals surface area contributed by atoms with E-state index in [-0.39, 0.29) is 36.7 Å². The van der Waals surface area contributed by atoms with Crippen LogP contribution in [0.5, 0.6) is 5.75 Å². The van der Waals surface area contributed by atoms with Gasteiger partial charge in [0.2, 0.25) is 11.8 Å². The first-order chi connectivity index (χ1) is 13.1. The molecule has 1 aliphatic carbocycles. The highest BCUT2D eigenvalue weighted by Gasteiger charge is 2.22. The summed E-state index contributed by atoms with van der Waals surface area (Å²) in [4.78, 5) is 24.0. The number of nitrogens with one attached hydrogen (secondary N) is 2. The van der Waals surface area contributed by atoms with Crippen molar-refractivity contribution in [3.8, 4) is 5.75 Å². The first kappa shape index (κ1) is 18.9. The van der Waals surface area contributed by atoms with Crippen molar-refractivity contribution in [3.05, 3.63) is 59.9 Å². The van der Waals surface area contributed by atoms with Crippen molar-refractivity contribution in [3.63, 3.8) is 0 Å². The Bertz CT molecular complexity index is 804. The molecule has 2 aromatic rings. The summed E-state index contributed by atoms with van der Waals surface area (Å²) >= 11 is 0. The molecule has 0 aliphatic heterocycles. The van der Waals surface area contributed by atoms with Crippen LogP contribution in [0.4, 0.5) is 10.1 Å². The van der Waals surface area contributed by atoms with Gasteiger partial charge in [-0.2, -0.15) is 0 Å². The second kappa shape index (κ2) is 9.16. The first-order valence-electron chi connectivity index (χ1n) is 9.15. The second-order valence-corrected chi connectivity index (χ2v) is 6.69. The molecule has 0 atom stereocenters. The lowest BCUT2D eigenvalue weighted by atomic mass is 10.1. The van der Waals surface area contributed by atoms with E-state index in [2.05, 4.69) is 10.6 Å². The second-order valence-electron chi connectivity index (χ2n) is 6.69. The van der Waals surface area contributed by atoms with Gasteiger partial charge in [0.1, 0.15) is 18.2 Å². The Hall–Kier alpha value is -2.89. The van der Waals surface area contributed by atoms with E-state index in [1.807, 2.05) is 6.07 Å². The molecule has 0 aromatic heterocycles. The summed E-state index contributed by atoms with van der Waals surface area (Å²) in [5.41, 5.74) is 1.46. The summed E-state index contributed by atoms with van der Waals surface area (Å²) in [6, 6.07) is 13.2. The van der Waals surface area contributed by atoms with E-state index >= 15 is 0 Å². The average Bonchev–Trinajstić information content (AvgIpc) is 3.20. The zero-order valence-corrected chi connectivity index (χ0v) is 15.0. The van der Waals surface area contributed by atoms with Gasteiger partial charge in [0, 0.05) is 17.7 Å². The smallest absolute Gasteiger partial charge is 0.243 e. The minimum atomic E-state index is -0.354.